The number of nitrogen functional groups attached to an aromatic ring is 1. The van der Waals surface area contributed by atoms with Crippen molar-refractivity contribution in [2.45, 2.75) is 20.0 Å². The molecule has 0 unspecified atom stereocenters. The number of rotatable bonds is 5. The van der Waals surface area contributed by atoms with E-state index in [1.165, 1.54) is 12.1 Å². The van der Waals surface area contributed by atoms with Gasteiger partial charge in [-0.2, -0.15) is 13.2 Å². The molecular weight excluding hydrogens is 519 g/mol. The number of nitrogens with zero attached hydrogens (tertiary/aromatic N) is 3. The van der Waals surface area contributed by atoms with Gasteiger partial charge in [-0.05, 0) is 67.4 Å². The van der Waals surface area contributed by atoms with Crippen LogP contribution in [-0.2, 0) is 6.18 Å². The molecule has 0 aliphatic heterocycles. The van der Waals surface area contributed by atoms with Crippen LogP contribution < -0.4 is 15.8 Å². The Morgan fingerprint density at radius 3 is 2.45 bits per heavy atom. The van der Waals surface area contributed by atoms with Crippen molar-refractivity contribution in [2.75, 3.05) is 18.2 Å². The number of methoxy groups -OCH3 is 1. The molecular formula is C30H24F3N5O2. The molecule has 202 valence electrons. The van der Waals surface area contributed by atoms with E-state index in [-0.39, 0.29) is 17.2 Å². The molecule has 0 bridgehead atoms. The minimum absolute atomic E-state index is 0.0362. The Kier molecular flexibility index (Phi) is 6.85. The molecule has 0 saturated carbocycles. The Morgan fingerprint density at radius 1 is 0.950 bits per heavy atom. The van der Waals surface area contributed by atoms with Gasteiger partial charge in [0.2, 0.25) is 5.95 Å². The molecule has 5 rings (SSSR count). The Balaban J connectivity index is 1.64. The van der Waals surface area contributed by atoms with Crippen molar-refractivity contribution in [3.63, 3.8) is 0 Å². The molecule has 0 aliphatic rings. The van der Waals surface area contributed by atoms with Gasteiger partial charge in [0.05, 0.1) is 23.8 Å². The van der Waals surface area contributed by atoms with Gasteiger partial charge in [-0.1, -0.05) is 18.2 Å². The van der Waals surface area contributed by atoms with Crippen LogP contribution in [0.4, 0.5) is 24.8 Å². The molecule has 3 aromatic carbocycles. The van der Waals surface area contributed by atoms with Gasteiger partial charge >= 0.3 is 6.18 Å². The lowest BCUT2D eigenvalue weighted by Crippen LogP contribution is -2.13. The summed E-state index contributed by atoms with van der Waals surface area (Å²) in [7, 11) is 1.54. The number of alkyl halides is 3. The van der Waals surface area contributed by atoms with Gasteiger partial charge in [-0.15, -0.1) is 0 Å². The average molecular weight is 544 g/mol. The van der Waals surface area contributed by atoms with Crippen molar-refractivity contribution in [2.24, 2.45) is 0 Å². The molecule has 2 heterocycles. The van der Waals surface area contributed by atoms with Crippen LogP contribution in [0.5, 0.6) is 5.75 Å². The fraction of sp³-hybridized carbons (Fsp3) is 0.133. The highest BCUT2D eigenvalue weighted by Crippen LogP contribution is 2.44. The Labute approximate surface area is 227 Å². The molecule has 0 spiro atoms. The van der Waals surface area contributed by atoms with Crippen LogP contribution >= 0.6 is 0 Å². The first-order valence-corrected chi connectivity index (χ1v) is 12.2. The van der Waals surface area contributed by atoms with E-state index in [0.717, 1.165) is 29.0 Å². The maximum atomic E-state index is 13.1. The van der Waals surface area contributed by atoms with E-state index in [1.54, 1.807) is 37.7 Å². The number of hydrogen-bond donors (Lipinski definition) is 2. The van der Waals surface area contributed by atoms with Crippen LogP contribution in [0.1, 0.15) is 27.2 Å². The van der Waals surface area contributed by atoms with Crippen LogP contribution in [0.2, 0.25) is 0 Å². The first-order chi connectivity index (χ1) is 19.0. The molecule has 0 saturated heterocycles. The molecule has 0 atom stereocenters. The number of carbonyl (C=O) groups excluding carboxylic acids is 1. The van der Waals surface area contributed by atoms with Gasteiger partial charge < -0.3 is 15.8 Å². The third-order valence-corrected chi connectivity index (χ3v) is 6.49. The highest BCUT2D eigenvalue weighted by Gasteiger charge is 2.30. The molecule has 0 radical (unpaired) electrons. The molecule has 0 aliphatic carbocycles. The Morgan fingerprint density at radius 2 is 1.75 bits per heavy atom. The number of nitrogens with one attached hydrogen (secondary N) is 1. The van der Waals surface area contributed by atoms with E-state index < -0.39 is 17.6 Å². The number of halogens is 3. The number of anilines is 2. The Hall–Kier alpha value is -4.99. The normalized spacial score (nSPS) is 11.4. The number of hydrogen-bond acceptors (Lipinski definition) is 6. The topological polar surface area (TPSA) is 103 Å². The summed E-state index contributed by atoms with van der Waals surface area (Å²) in [5.41, 5.74) is 10.4. The molecule has 1 amide bonds. The molecule has 7 nitrogen and oxygen atoms in total. The lowest BCUT2D eigenvalue weighted by molar-refractivity contribution is -0.137. The van der Waals surface area contributed by atoms with Crippen molar-refractivity contribution in [1.82, 2.24) is 15.0 Å². The fourth-order valence-electron chi connectivity index (χ4n) is 4.50. The van der Waals surface area contributed by atoms with Crippen molar-refractivity contribution in [3.8, 4) is 28.0 Å². The average Bonchev–Trinajstić information content (AvgIpc) is 2.92. The van der Waals surface area contributed by atoms with E-state index in [4.69, 9.17) is 10.5 Å². The maximum Gasteiger partial charge on any atom is 0.416 e. The Bertz CT molecular complexity index is 1750. The summed E-state index contributed by atoms with van der Waals surface area (Å²) < 4.78 is 45.4. The zero-order chi connectivity index (χ0) is 28.6. The van der Waals surface area contributed by atoms with Gasteiger partial charge in [0.25, 0.3) is 5.91 Å². The van der Waals surface area contributed by atoms with Crippen LogP contribution in [0.3, 0.4) is 0 Å². The first-order valence-electron chi connectivity index (χ1n) is 12.2. The lowest BCUT2D eigenvalue weighted by atomic mass is 9.91. The van der Waals surface area contributed by atoms with Crippen LogP contribution in [0.15, 0.2) is 73.1 Å². The highest BCUT2D eigenvalue weighted by molar-refractivity contribution is 6.06. The summed E-state index contributed by atoms with van der Waals surface area (Å²) in [6.45, 7) is 3.77. The summed E-state index contributed by atoms with van der Waals surface area (Å²) >= 11 is 0. The van der Waals surface area contributed by atoms with Crippen molar-refractivity contribution in [1.29, 1.82) is 0 Å². The third kappa shape index (κ3) is 5.15. The number of benzene rings is 3. The molecule has 5 aromatic rings. The largest absolute Gasteiger partial charge is 0.495 e. The number of pyridine rings is 1. The second kappa shape index (κ2) is 10.3. The van der Waals surface area contributed by atoms with Gasteiger partial charge in [-0.25, -0.2) is 9.97 Å². The number of amides is 1. The molecule has 10 heteroatoms. The van der Waals surface area contributed by atoms with E-state index >= 15 is 0 Å². The smallest absolute Gasteiger partial charge is 0.416 e. The highest BCUT2D eigenvalue weighted by atomic mass is 19.4. The van der Waals surface area contributed by atoms with Crippen molar-refractivity contribution in [3.05, 3.63) is 95.4 Å². The van der Waals surface area contributed by atoms with E-state index in [1.807, 2.05) is 32.0 Å². The zero-order valence-corrected chi connectivity index (χ0v) is 21.8. The number of nitrogens with two attached hydrogens (primary N) is 1. The SMILES string of the molecule is COc1c(-c2cc(C(=O)Nc3cccc(C(F)(F)F)c3)ccc2C)cc2cnc(N)nc2c1-c1ccc(C)nc1. The predicted octanol–water partition coefficient (Wildman–Crippen LogP) is 6.84. The van der Waals surface area contributed by atoms with Crippen LogP contribution in [-0.4, -0.2) is 28.0 Å². The number of ether oxygens (including phenoxy) is 1. The first kappa shape index (κ1) is 26.6. The number of aromatic nitrogens is 3. The maximum absolute atomic E-state index is 13.1. The second-order valence-corrected chi connectivity index (χ2v) is 9.25. The van der Waals surface area contributed by atoms with Crippen LogP contribution in [0.25, 0.3) is 33.2 Å². The zero-order valence-electron chi connectivity index (χ0n) is 21.8. The quantitative estimate of drug-likeness (QED) is 0.252. The van der Waals surface area contributed by atoms with Gasteiger partial charge in [0.1, 0.15) is 5.75 Å². The predicted molar refractivity (Wildman–Crippen MR) is 148 cm³/mol. The van der Waals surface area contributed by atoms with Gasteiger partial charge in [0, 0.05) is 45.9 Å². The summed E-state index contributed by atoms with van der Waals surface area (Å²) in [5.74, 6) is 0.0438. The summed E-state index contributed by atoms with van der Waals surface area (Å²) in [6.07, 6.45) is -1.19. The minimum Gasteiger partial charge on any atom is -0.495 e. The molecule has 40 heavy (non-hydrogen) atoms. The van der Waals surface area contributed by atoms with Crippen molar-refractivity contribution < 1.29 is 22.7 Å². The van der Waals surface area contributed by atoms with Gasteiger partial charge in [0.15, 0.2) is 0 Å². The fourth-order valence-corrected chi connectivity index (χ4v) is 4.50. The van der Waals surface area contributed by atoms with Gasteiger partial charge in [-0.3, -0.25) is 9.78 Å². The molecule has 2 aromatic heterocycles. The standard InChI is InChI=1S/C30H24F3N5O2/c1-16-7-9-18(28(39)37-22-6-4-5-21(13-22)30(31,32)33)11-23(16)24-12-20-15-36-29(34)38-26(20)25(27(24)40-3)19-10-8-17(2)35-14-19/h4-15H,1-3H3,(H,37,39)(H2,34,36,38). The molecule has 3 N–H and O–H groups in total. The summed E-state index contributed by atoms with van der Waals surface area (Å²) in [5, 5.41) is 3.26. The van der Waals surface area contributed by atoms with E-state index in [2.05, 4.69) is 20.3 Å². The lowest BCUT2D eigenvalue weighted by Gasteiger charge is -2.19. The van der Waals surface area contributed by atoms with E-state index in [9.17, 15) is 18.0 Å². The van der Waals surface area contributed by atoms with Crippen LogP contribution in [0, 0.1) is 13.8 Å². The summed E-state index contributed by atoms with van der Waals surface area (Å²) in [6, 6.07) is 15.2. The second-order valence-electron chi connectivity index (χ2n) is 9.25. The third-order valence-electron chi connectivity index (χ3n) is 6.49. The minimum atomic E-state index is -4.52. The van der Waals surface area contributed by atoms with Crippen molar-refractivity contribution >= 4 is 28.4 Å². The monoisotopic (exact) mass is 543 g/mol. The number of carbonyl (C=O) groups is 1. The number of aryl methyl sites for hydroxylation is 2. The van der Waals surface area contributed by atoms with E-state index in [0.29, 0.717) is 33.3 Å². The number of fused-ring (bicyclic) bond motifs is 1. The molecule has 0 fully saturated rings. The summed E-state index contributed by atoms with van der Waals surface area (Å²) in [4.78, 5) is 26.2.